The van der Waals surface area contributed by atoms with Crippen LogP contribution in [0, 0.1) is 3.57 Å². The Morgan fingerprint density at radius 3 is 2.89 bits per heavy atom. The van der Waals surface area contributed by atoms with Gasteiger partial charge in [0.2, 0.25) is 0 Å². The van der Waals surface area contributed by atoms with Gasteiger partial charge in [-0.3, -0.25) is 9.48 Å². The fourth-order valence-corrected chi connectivity index (χ4v) is 2.34. The van der Waals surface area contributed by atoms with Gasteiger partial charge in [0, 0.05) is 16.3 Å². The van der Waals surface area contributed by atoms with Gasteiger partial charge < -0.3 is 5.32 Å². The Bertz CT molecular complexity index is 551. The van der Waals surface area contributed by atoms with Crippen molar-refractivity contribution >= 4 is 28.5 Å². The Labute approximate surface area is 120 Å². The average Bonchev–Trinajstić information content (AvgIpc) is 2.84. The maximum atomic E-state index is 12.0. The van der Waals surface area contributed by atoms with E-state index in [4.69, 9.17) is 0 Å². The number of hydrogen-bond donors (Lipinski definition) is 1. The molecule has 18 heavy (non-hydrogen) atoms. The molecule has 1 N–H and O–H groups in total. The maximum absolute atomic E-state index is 12.0. The van der Waals surface area contributed by atoms with Crippen molar-refractivity contribution in [2.75, 3.05) is 0 Å². The molecule has 1 aromatic carbocycles. The lowest BCUT2D eigenvalue weighted by Gasteiger charge is -2.08. The zero-order chi connectivity index (χ0) is 13.0. The van der Waals surface area contributed by atoms with Crippen molar-refractivity contribution in [1.29, 1.82) is 0 Å². The summed E-state index contributed by atoms with van der Waals surface area (Å²) in [6, 6.07) is 9.46. The van der Waals surface area contributed by atoms with Crippen LogP contribution in [-0.4, -0.2) is 15.7 Å². The lowest BCUT2D eigenvalue weighted by atomic mass is 10.2. The van der Waals surface area contributed by atoms with Gasteiger partial charge in [-0.05, 0) is 47.7 Å². The van der Waals surface area contributed by atoms with Crippen LogP contribution in [0.25, 0.3) is 0 Å². The molecule has 1 amide bonds. The molecule has 1 heterocycles. The number of rotatable bonds is 4. The summed E-state index contributed by atoms with van der Waals surface area (Å²) >= 11 is 2.16. The fraction of sp³-hybridized carbons (Fsp3) is 0.231. The molecule has 2 aromatic rings. The van der Waals surface area contributed by atoms with E-state index in [1.54, 1.807) is 6.20 Å². The largest absolute Gasteiger partial charge is 0.346 e. The van der Waals surface area contributed by atoms with Crippen LogP contribution < -0.4 is 5.32 Å². The molecule has 0 radical (unpaired) electrons. The lowest BCUT2D eigenvalue weighted by molar-refractivity contribution is 0.0949. The minimum atomic E-state index is -0.0520. The molecular weight excluding hydrogens is 341 g/mol. The Morgan fingerprint density at radius 1 is 1.39 bits per heavy atom. The van der Waals surface area contributed by atoms with E-state index in [0.717, 1.165) is 15.8 Å². The summed E-state index contributed by atoms with van der Waals surface area (Å²) in [4.78, 5) is 12.0. The standard InChI is InChI=1S/C13H14IN3O/c1-2-17-10(7-8-16-17)9-15-13(18)11-5-3-4-6-12(11)14/h3-8H,2,9H2,1H3,(H,15,18). The van der Waals surface area contributed by atoms with Gasteiger partial charge in [-0.2, -0.15) is 5.10 Å². The quantitative estimate of drug-likeness (QED) is 0.857. The molecule has 0 aliphatic carbocycles. The van der Waals surface area contributed by atoms with Crippen molar-refractivity contribution < 1.29 is 4.79 Å². The van der Waals surface area contributed by atoms with E-state index in [2.05, 4.69) is 33.0 Å². The van der Waals surface area contributed by atoms with Crippen molar-refractivity contribution in [2.24, 2.45) is 0 Å². The van der Waals surface area contributed by atoms with Gasteiger partial charge in [0.15, 0.2) is 0 Å². The second-order valence-electron chi connectivity index (χ2n) is 3.80. The summed E-state index contributed by atoms with van der Waals surface area (Å²) in [7, 11) is 0. The van der Waals surface area contributed by atoms with Crippen LogP contribution in [0.5, 0.6) is 0 Å². The van der Waals surface area contributed by atoms with Gasteiger partial charge in [0.1, 0.15) is 0 Å². The maximum Gasteiger partial charge on any atom is 0.252 e. The van der Waals surface area contributed by atoms with Crippen molar-refractivity contribution in [1.82, 2.24) is 15.1 Å². The van der Waals surface area contributed by atoms with Gasteiger partial charge in [0.05, 0.1) is 17.8 Å². The number of nitrogens with one attached hydrogen (secondary N) is 1. The molecule has 1 aromatic heterocycles. The Balaban J connectivity index is 2.03. The molecule has 0 aliphatic heterocycles. The molecule has 0 spiro atoms. The molecule has 0 atom stereocenters. The molecule has 0 unspecified atom stereocenters. The number of hydrogen-bond acceptors (Lipinski definition) is 2. The number of aryl methyl sites for hydroxylation is 1. The van der Waals surface area contributed by atoms with E-state index in [9.17, 15) is 4.79 Å². The highest BCUT2D eigenvalue weighted by Crippen LogP contribution is 2.11. The van der Waals surface area contributed by atoms with Crippen LogP contribution in [0.15, 0.2) is 36.5 Å². The highest BCUT2D eigenvalue weighted by atomic mass is 127. The molecule has 5 heteroatoms. The van der Waals surface area contributed by atoms with Crippen LogP contribution in [0.3, 0.4) is 0 Å². The lowest BCUT2D eigenvalue weighted by Crippen LogP contribution is -2.25. The Morgan fingerprint density at radius 2 is 2.17 bits per heavy atom. The first-order valence-electron chi connectivity index (χ1n) is 5.75. The van der Waals surface area contributed by atoms with E-state index >= 15 is 0 Å². The predicted molar refractivity (Wildman–Crippen MR) is 78.2 cm³/mol. The monoisotopic (exact) mass is 355 g/mol. The normalized spacial score (nSPS) is 10.3. The molecule has 94 valence electrons. The van der Waals surface area contributed by atoms with Gasteiger partial charge in [-0.1, -0.05) is 12.1 Å². The highest BCUT2D eigenvalue weighted by Gasteiger charge is 2.09. The third kappa shape index (κ3) is 2.90. The first kappa shape index (κ1) is 13.1. The van der Waals surface area contributed by atoms with E-state index in [1.807, 2.05) is 41.9 Å². The SMILES string of the molecule is CCn1nccc1CNC(=O)c1ccccc1I. The van der Waals surface area contributed by atoms with Gasteiger partial charge in [-0.15, -0.1) is 0 Å². The summed E-state index contributed by atoms with van der Waals surface area (Å²) in [6.07, 6.45) is 1.75. The van der Waals surface area contributed by atoms with Crippen molar-refractivity contribution in [2.45, 2.75) is 20.0 Å². The summed E-state index contributed by atoms with van der Waals surface area (Å²) in [5, 5.41) is 7.08. The summed E-state index contributed by atoms with van der Waals surface area (Å²) in [5.41, 5.74) is 1.72. The van der Waals surface area contributed by atoms with E-state index in [-0.39, 0.29) is 5.91 Å². The average molecular weight is 355 g/mol. The summed E-state index contributed by atoms with van der Waals surface area (Å²) < 4.78 is 2.83. The number of carbonyl (C=O) groups excluding carboxylic acids is 1. The van der Waals surface area contributed by atoms with E-state index in [0.29, 0.717) is 12.1 Å². The minimum Gasteiger partial charge on any atom is -0.346 e. The number of benzene rings is 1. The molecule has 0 saturated heterocycles. The van der Waals surface area contributed by atoms with Crippen LogP contribution in [-0.2, 0) is 13.1 Å². The molecule has 4 nitrogen and oxygen atoms in total. The first-order valence-corrected chi connectivity index (χ1v) is 6.83. The van der Waals surface area contributed by atoms with Crippen LogP contribution in [0.2, 0.25) is 0 Å². The van der Waals surface area contributed by atoms with Gasteiger partial charge in [-0.25, -0.2) is 0 Å². The number of carbonyl (C=O) groups is 1. The summed E-state index contributed by atoms with van der Waals surface area (Å²) in [5.74, 6) is -0.0520. The van der Waals surface area contributed by atoms with Crippen molar-refractivity contribution in [3.8, 4) is 0 Å². The number of halogens is 1. The van der Waals surface area contributed by atoms with Crippen LogP contribution >= 0.6 is 22.6 Å². The van der Waals surface area contributed by atoms with Gasteiger partial charge >= 0.3 is 0 Å². The Hall–Kier alpha value is -1.37. The Kier molecular flexibility index (Phi) is 4.35. The zero-order valence-electron chi connectivity index (χ0n) is 10.1. The van der Waals surface area contributed by atoms with E-state index < -0.39 is 0 Å². The molecule has 0 fully saturated rings. The minimum absolute atomic E-state index is 0.0520. The van der Waals surface area contributed by atoms with Crippen molar-refractivity contribution in [3.05, 3.63) is 51.4 Å². The fourth-order valence-electron chi connectivity index (χ4n) is 1.71. The van der Waals surface area contributed by atoms with Crippen molar-refractivity contribution in [3.63, 3.8) is 0 Å². The molecule has 0 aliphatic rings. The number of amides is 1. The third-order valence-corrected chi connectivity index (χ3v) is 3.59. The van der Waals surface area contributed by atoms with Gasteiger partial charge in [0.25, 0.3) is 5.91 Å². The molecule has 0 saturated carbocycles. The predicted octanol–water partition coefficient (Wildman–Crippen LogP) is 2.44. The highest BCUT2D eigenvalue weighted by molar-refractivity contribution is 14.1. The molecule has 0 bridgehead atoms. The number of nitrogens with zero attached hydrogens (tertiary/aromatic N) is 2. The zero-order valence-corrected chi connectivity index (χ0v) is 12.2. The smallest absolute Gasteiger partial charge is 0.252 e. The first-order chi connectivity index (χ1) is 8.72. The molecular formula is C13H14IN3O. The van der Waals surface area contributed by atoms with Crippen LogP contribution in [0.1, 0.15) is 23.0 Å². The van der Waals surface area contributed by atoms with E-state index in [1.165, 1.54) is 0 Å². The third-order valence-electron chi connectivity index (χ3n) is 2.65. The molecule has 2 rings (SSSR count). The van der Waals surface area contributed by atoms with Crippen LogP contribution in [0.4, 0.5) is 0 Å². The summed E-state index contributed by atoms with van der Waals surface area (Å²) in [6.45, 7) is 3.33. The second-order valence-corrected chi connectivity index (χ2v) is 4.96. The number of aromatic nitrogens is 2. The topological polar surface area (TPSA) is 46.9 Å². The second kappa shape index (κ2) is 5.99.